The first kappa shape index (κ1) is 23.1. The summed E-state index contributed by atoms with van der Waals surface area (Å²) >= 11 is 0. The van der Waals surface area contributed by atoms with E-state index in [0.29, 0.717) is 18.8 Å². The Morgan fingerprint density at radius 1 is 1.27 bits per heavy atom. The first-order chi connectivity index (χ1) is 15.7. The molecule has 2 atom stereocenters. The minimum Gasteiger partial charge on any atom is -0.376 e. The van der Waals surface area contributed by atoms with Crippen LogP contribution in [0.4, 0.5) is 18.0 Å². The van der Waals surface area contributed by atoms with Crippen LogP contribution in [0.5, 0.6) is 0 Å². The first-order valence-corrected chi connectivity index (χ1v) is 10.9. The van der Waals surface area contributed by atoms with Crippen LogP contribution >= 0.6 is 0 Å². The maximum atomic E-state index is 13.6. The van der Waals surface area contributed by atoms with E-state index in [2.05, 4.69) is 10.6 Å². The smallest absolute Gasteiger partial charge is 0.376 e. The van der Waals surface area contributed by atoms with Gasteiger partial charge in [-0.05, 0) is 31.4 Å². The molecule has 0 unspecified atom stereocenters. The van der Waals surface area contributed by atoms with Gasteiger partial charge >= 0.3 is 12.2 Å². The van der Waals surface area contributed by atoms with Crippen LogP contribution in [-0.4, -0.2) is 66.5 Å². The molecule has 33 heavy (non-hydrogen) atoms. The number of nitrogens with zero attached hydrogens (tertiary/aromatic N) is 2. The molecule has 1 fully saturated rings. The molecule has 3 aliphatic rings. The molecule has 0 aromatic heterocycles. The highest BCUT2D eigenvalue weighted by atomic mass is 19.4. The lowest BCUT2D eigenvalue weighted by atomic mass is 9.91. The van der Waals surface area contributed by atoms with E-state index in [1.165, 1.54) is 28.0 Å². The third-order valence-electron chi connectivity index (χ3n) is 6.08. The standard InChI is InChI=1S/C22H25F3N4O4/c1-2-29-16-11-28(12-17(30)26-10-13-6-5-9-33-13)20(31)18(16)19(27-21(29)32)14-7-3-4-8-15(14)22(23,24)25/h3-4,7-8,13,19H,2,5-6,9-12H2,1H3,(H,26,30)(H,27,32)/t13-,19+/m0/s1. The Kier molecular flexibility index (Phi) is 6.33. The Morgan fingerprint density at radius 3 is 2.70 bits per heavy atom. The average molecular weight is 466 g/mol. The van der Waals surface area contributed by atoms with Crippen molar-refractivity contribution in [3.63, 3.8) is 0 Å². The van der Waals surface area contributed by atoms with Crippen molar-refractivity contribution in [2.45, 2.75) is 38.1 Å². The van der Waals surface area contributed by atoms with E-state index in [0.717, 1.165) is 18.9 Å². The summed E-state index contributed by atoms with van der Waals surface area (Å²) in [6.45, 7) is 2.61. The van der Waals surface area contributed by atoms with Crippen molar-refractivity contribution in [2.75, 3.05) is 32.8 Å². The van der Waals surface area contributed by atoms with Crippen LogP contribution in [0.25, 0.3) is 0 Å². The summed E-state index contributed by atoms with van der Waals surface area (Å²) in [5, 5.41) is 5.29. The van der Waals surface area contributed by atoms with E-state index in [1.807, 2.05) is 0 Å². The Bertz CT molecular complexity index is 988. The minimum absolute atomic E-state index is 0.0343. The van der Waals surface area contributed by atoms with Crippen molar-refractivity contribution in [3.8, 4) is 0 Å². The highest BCUT2D eigenvalue weighted by Gasteiger charge is 2.46. The first-order valence-electron chi connectivity index (χ1n) is 10.9. The van der Waals surface area contributed by atoms with E-state index in [1.54, 1.807) is 6.92 Å². The summed E-state index contributed by atoms with van der Waals surface area (Å²) < 4.78 is 46.4. The van der Waals surface area contributed by atoms with Gasteiger partial charge in [-0.15, -0.1) is 0 Å². The highest BCUT2D eigenvalue weighted by molar-refractivity contribution is 6.03. The Labute approximate surface area is 188 Å². The van der Waals surface area contributed by atoms with Crippen LogP contribution in [-0.2, 0) is 20.5 Å². The molecule has 178 valence electrons. The molecule has 0 radical (unpaired) electrons. The van der Waals surface area contributed by atoms with E-state index in [-0.39, 0.29) is 36.9 Å². The molecule has 4 rings (SSSR count). The van der Waals surface area contributed by atoms with Crippen molar-refractivity contribution in [1.29, 1.82) is 0 Å². The lowest BCUT2D eigenvalue weighted by molar-refractivity contribution is -0.138. The number of likely N-dealkylation sites (N-methyl/N-ethyl adjacent to an activating group) is 1. The summed E-state index contributed by atoms with van der Waals surface area (Å²) in [7, 11) is 0. The topological polar surface area (TPSA) is 91.0 Å². The average Bonchev–Trinajstić information content (AvgIpc) is 3.40. The molecule has 0 spiro atoms. The molecule has 0 bridgehead atoms. The van der Waals surface area contributed by atoms with Crippen molar-refractivity contribution in [3.05, 3.63) is 46.7 Å². The number of hydrogen-bond donors (Lipinski definition) is 2. The lowest BCUT2D eigenvalue weighted by Crippen LogP contribution is -2.47. The van der Waals surface area contributed by atoms with E-state index >= 15 is 0 Å². The SMILES string of the molecule is CCN1C(=O)N[C@H](c2ccccc2C(F)(F)F)C2=C1CN(CC(=O)NC[C@@H]1CCCO1)C2=O. The Hall–Kier alpha value is -3.08. The molecule has 0 aliphatic carbocycles. The molecular formula is C22H25F3N4O4. The molecule has 3 aliphatic heterocycles. The van der Waals surface area contributed by atoms with Crippen LogP contribution < -0.4 is 10.6 Å². The molecular weight excluding hydrogens is 441 g/mol. The van der Waals surface area contributed by atoms with Gasteiger partial charge in [0.15, 0.2) is 0 Å². The third-order valence-corrected chi connectivity index (χ3v) is 6.08. The molecule has 1 aromatic rings. The fraction of sp³-hybridized carbons (Fsp3) is 0.500. The predicted octanol–water partition coefficient (Wildman–Crippen LogP) is 2.18. The third kappa shape index (κ3) is 4.54. The van der Waals surface area contributed by atoms with Gasteiger partial charge in [-0.3, -0.25) is 14.5 Å². The van der Waals surface area contributed by atoms with Gasteiger partial charge in [0, 0.05) is 19.7 Å². The van der Waals surface area contributed by atoms with E-state index in [9.17, 15) is 27.6 Å². The van der Waals surface area contributed by atoms with Gasteiger partial charge in [0.1, 0.15) is 6.54 Å². The molecule has 2 N–H and O–H groups in total. The number of hydrogen-bond acceptors (Lipinski definition) is 4. The van der Waals surface area contributed by atoms with Gasteiger partial charge in [-0.2, -0.15) is 13.2 Å². The number of nitrogens with one attached hydrogen (secondary N) is 2. The normalized spacial score (nSPS) is 23.2. The van der Waals surface area contributed by atoms with Gasteiger partial charge < -0.3 is 20.3 Å². The number of amides is 4. The minimum atomic E-state index is -4.66. The van der Waals surface area contributed by atoms with Crippen LogP contribution in [0.2, 0.25) is 0 Å². The Morgan fingerprint density at radius 2 is 2.03 bits per heavy atom. The van der Waals surface area contributed by atoms with Crippen molar-refractivity contribution in [2.24, 2.45) is 0 Å². The highest BCUT2D eigenvalue weighted by Crippen LogP contribution is 2.41. The van der Waals surface area contributed by atoms with Gasteiger partial charge in [0.2, 0.25) is 5.91 Å². The van der Waals surface area contributed by atoms with Crippen molar-refractivity contribution >= 4 is 17.8 Å². The van der Waals surface area contributed by atoms with E-state index in [4.69, 9.17) is 4.74 Å². The zero-order valence-corrected chi connectivity index (χ0v) is 18.1. The van der Waals surface area contributed by atoms with Crippen LogP contribution in [0, 0.1) is 0 Å². The largest absolute Gasteiger partial charge is 0.416 e. The maximum absolute atomic E-state index is 13.6. The van der Waals surface area contributed by atoms with Crippen LogP contribution in [0.15, 0.2) is 35.5 Å². The maximum Gasteiger partial charge on any atom is 0.416 e. The predicted molar refractivity (Wildman–Crippen MR) is 111 cm³/mol. The van der Waals surface area contributed by atoms with Crippen molar-refractivity contribution < 1.29 is 32.3 Å². The lowest BCUT2D eigenvalue weighted by Gasteiger charge is -2.33. The van der Waals surface area contributed by atoms with Crippen LogP contribution in [0.1, 0.15) is 36.9 Å². The molecule has 1 aromatic carbocycles. The molecule has 4 amide bonds. The quantitative estimate of drug-likeness (QED) is 0.673. The fourth-order valence-corrected chi connectivity index (χ4v) is 4.51. The summed E-state index contributed by atoms with van der Waals surface area (Å²) in [6.07, 6.45) is -2.95. The van der Waals surface area contributed by atoms with Gasteiger partial charge in [0.05, 0.1) is 35.5 Å². The summed E-state index contributed by atoms with van der Waals surface area (Å²) in [5.41, 5.74) is -0.757. The monoisotopic (exact) mass is 466 g/mol. The number of benzene rings is 1. The zero-order chi connectivity index (χ0) is 23.8. The Balaban J connectivity index is 1.58. The summed E-state index contributed by atoms with van der Waals surface area (Å²) in [6, 6.07) is 3.01. The number of halogens is 3. The number of carbonyl (C=O) groups excluding carboxylic acids is 3. The van der Waals surface area contributed by atoms with Gasteiger partial charge in [0.25, 0.3) is 5.91 Å². The second kappa shape index (κ2) is 9.05. The second-order valence-electron chi connectivity index (χ2n) is 8.17. The fourth-order valence-electron chi connectivity index (χ4n) is 4.51. The molecule has 8 nitrogen and oxygen atoms in total. The van der Waals surface area contributed by atoms with Crippen LogP contribution in [0.3, 0.4) is 0 Å². The number of carbonyl (C=O) groups is 3. The number of alkyl halides is 3. The number of rotatable bonds is 6. The van der Waals surface area contributed by atoms with Gasteiger partial charge in [-0.1, -0.05) is 18.2 Å². The molecule has 3 heterocycles. The van der Waals surface area contributed by atoms with Crippen molar-refractivity contribution in [1.82, 2.24) is 20.4 Å². The molecule has 11 heteroatoms. The second-order valence-corrected chi connectivity index (χ2v) is 8.17. The van der Waals surface area contributed by atoms with E-state index < -0.39 is 35.6 Å². The number of urea groups is 1. The zero-order valence-electron chi connectivity index (χ0n) is 18.1. The molecule has 1 saturated heterocycles. The summed E-state index contributed by atoms with van der Waals surface area (Å²) in [5.74, 6) is -0.967. The molecule has 0 saturated carbocycles. The summed E-state index contributed by atoms with van der Waals surface area (Å²) in [4.78, 5) is 40.9. The van der Waals surface area contributed by atoms with Gasteiger partial charge in [-0.25, -0.2) is 4.79 Å². The number of ether oxygens (including phenoxy) is 1.